The number of nitrogens with zero attached hydrogens (tertiary/aromatic N) is 3. The Bertz CT molecular complexity index is 667. The monoisotopic (exact) mass is 376 g/mol. The molecule has 4 nitrogen and oxygen atoms in total. The lowest BCUT2D eigenvalue weighted by molar-refractivity contribution is 0.281. The van der Waals surface area contributed by atoms with Crippen molar-refractivity contribution in [3.63, 3.8) is 0 Å². The molecule has 0 radical (unpaired) electrons. The van der Waals surface area contributed by atoms with Crippen molar-refractivity contribution >= 4 is 5.96 Å². The van der Waals surface area contributed by atoms with Crippen LogP contribution < -0.4 is 5.32 Å². The molecule has 1 N–H and O–H groups in total. The van der Waals surface area contributed by atoms with E-state index in [0.717, 1.165) is 25.5 Å². The SMILES string of the molecule is CCN=C(NC1CC1c1c(F)cccc1F)N1CCC(CN2CCCC2)C1. The maximum absolute atomic E-state index is 14.0. The van der Waals surface area contributed by atoms with Crippen molar-refractivity contribution in [1.29, 1.82) is 0 Å². The van der Waals surface area contributed by atoms with Crippen molar-refractivity contribution in [3.05, 3.63) is 35.4 Å². The van der Waals surface area contributed by atoms with Gasteiger partial charge in [0.1, 0.15) is 11.6 Å². The summed E-state index contributed by atoms with van der Waals surface area (Å²) in [5.41, 5.74) is 0.221. The summed E-state index contributed by atoms with van der Waals surface area (Å²) in [5.74, 6) is 0.614. The summed E-state index contributed by atoms with van der Waals surface area (Å²) in [6.45, 7) is 8.43. The van der Waals surface area contributed by atoms with E-state index in [-0.39, 0.29) is 17.5 Å². The average molecular weight is 376 g/mol. The number of aliphatic imine (C=N–C) groups is 1. The van der Waals surface area contributed by atoms with Gasteiger partial charge < -0.3 is 15.1 Å². The molecule has 27 heavy (non-hydrogen) atoms. The molecule has 0 aromatic heterocycles. The molecule has 0 spiro atoms. The van der Waals surface area contributed by atoms with E-state index in [1.54, 1.807) is 0 Å². The Hall–Kier alpha value is -1.69. The molecule has 0 bridgehead atoms. The number of guanidine groups is 1. The highest BCUT2D eigenvalue weighted by atomic mass is 19.1. The first-order valence-corrected chi connectivity index (χ1v) is 10.4. The Morgan fingerprint density at radius 2 is 1.93 bits per heavy atom. The number of likely N-dealkylation sites (tertiary alicyclic amines) is 2. The van der Waals surface area contributed by atoms with Gasteiger partial charge in [-0.2, -0.15) is 0 Å². The summed E-state index contributed by atoms with van der Waals surface area (Å²) in [4.78, 5) is 9.57. The Labute approximate surface area is 160 Å². The maximum Gasteiger partial charge on any atom is 0.194 e. The number of nitrogens with one attached hydrogen (secondary N) is 1. The van der Waals surface area contributed by atoms with Crippen LogP contribution in [0.15, 0.2) is 23.2 Å². The van der Waals surface area contributed by atoms with Crippen LogP contribution in [0.2, 0.25) is 0 Å². The van der Waals surface area contributed by atoms with Gasteiger partial charge in [-0.25, -0.2) is 8.78 Å². The Morgan fingerprint density at radius 1 is 1.19 bits per heavy atom. The van der Waals surface area contributed by atoms with E-state index in [1.165, 1.54) is 57.1 Å². The zero-order valence-corrected chi connectivity index (χ0v) is 16.1. The molecule has 1 aliphatic carbocycles. The van der Waals surface area contributed by atoms with Gasteiger partial charge in [0.25, 0.3) is 0 Å². The standard InChI is InChI=1S/C21H30F2N4/c1-2-24-21(27-11-8-15(14-27)13-26-9-3-4-10-26)25-19-12-16(19)20-17(22)6-5-7-18(20)23/h5-7,15-16,19H,2-4,8-14H2,1H3,(H,24,25). The second-order valence-electron chi connectivity index (χ2n) is 8.13. The molecular weight excluding hydrogens is 346 g/mol. The summed E-state index contributed by atoms with van der Waals surface area (Å²) in [5, 5.41) is 3.48. The van der Waals surface area contributed by atoms with E-state index in [4.69, 9.17) is 0 Å². The maximum atomic E-state index is 14.0. The molecular formula is C21H30F2N4. The van der Waals surface area contributed by atoms with Gasteiger partial charge in [0, 0.05) is 43.7 Å². The van der Waals surface area contributed by atoms with Crippen molar-refractivity contribution in [2.24, 2.45) is 10.9 Å². The molecule has 0 amide bonds. The van der Waals surface area contributed by atoms with Gasteiger partial charge >= 0.3 is 0 Å². The molecule has 3 atom stereocenters. The summed E-state index contributed by atoms with van der Waals surface area (Å²) >= 11 is 0. The summed E-state index contributed by atoms with van der Waals surface area (Å²) in [7, 11) is 0. The number of hydrogen-bond acceptors (Lipinski definition) is 2. The van der Waals surface area contributed by atoms with Crippen LogP contribution in [0.1, 0.15) is 44.1 Å². The predicted molar refractivity (Wildman–Crippen MR) is 104 cm³/mol. The van der Waals surface area contributed by atoms with Crippen LogP contribution in [0.3, 0.4) is 0 Å². The molecule has 1 aromatic carbocycles. The van der Waals surface area contributed by atoms with Gasteiger partial charge in [0.05, 0.1) is 0 Å². The second kappa shape index (κ2) is 8.13. The highest BCUT2D eigenvalue weighted by Gasteiger charge is 2.43. The lowest BCUT2D eigenvalue weighted by atomic mass is 10.1. The van der Waals surface area contributed by atoms with Gasteiger partial charge in [0.15, 0.2) is 5.96 Å². The first-order valence-electron chi connectivity index (χ1n) is 10.4. The second-order valence-corrected chi connectivity index (χ2v) is 8.13. The smallest absolute Gasteiger partial charge is 0.194 e. The summed E-state index contributed by atoms with van der Waals surface area (Å²) < 4.78 is 28.1. The molecule has 148 valence electrons. The van der Waals surface area contributed by atoms with Crippen LogP contribution in [-0.2, 0) is 0 Å². The summed E-state index contributed by atoms with van der Waals surface area (Å²) in [6, 6.07) is 4.18. The van der Waals surface area contributed by atoms with E-state index < -0.39 is 11.6 Å². The Balaban J connectivity index is 1.35. The summed E-state index contributed by atoms with van der Waals surface area (Å²) in [6.07, 6.45) is 4.61. The molecule has 1 aromatic rings. The topological polar surface area (TPSA) is 30.9 Å². The van der Waals surface area contributed by atoms with Crippen molar-refractivity contribution in [1.82, 2.24) is 15.1 Å². The van der Waals surface area contributed by atoms with E-state index in [9.17, 15) is 8.78 Å². The van der Waals surface area contributed by atoms with Crippen LogP contribution in [-0.4, -0.2) is 61.1 Å². The molecule has 2 saturated heterocycles. The molecule has 1 saturated carbocycles. The minimum Gasteiger partial charge on any atom is -0.353 e. The van der Waals surface area contributed by atoms with Gasteiger partial charge in [-0.05, 0) is 63.7 Å². The zero-order chi connectivity index (χ0) is 18.8. The third-order valence-corrected chi connectivity index (χ3v) is 6.08. The van der Waals surface area contributed by atoms with Crippen LogP contribution in [0.4, 0.5) is 8.78 Å². The molecule has 2 aliphatic heterocycles. The highest BCUT2D eigenvalue weighted by molar-refractivity contribution is 5.81. The number of rotatable bonds is 5. The molecule has 3 unspecified atom stereocenters. The van der Waals surface area contributed by atoms with Gasteiger partial charge in [-0.3, -0.25) is 4.99 Å². The first-order chi connectivity index (χ1) is 13.2. The van der Waals surface area contributed by atoms with Gasteiger partial charge in [-0.15, -0.1) is 0 Å². The lowest BCUT2D eigenvalue weighted by Crippen LogP contribution is -2.42. The van der Waals surface area contributed by atoms with E-state index in [2.05, 4.69) is 20.1 Å². The van der Waals surface area contributed by atoms with Crippen LogP contribution in [0.25, 0.3) is 0 Å². The quantitative estimate of drug-likeness (QED) is 0.632. The average Bonchev–Trinajstić information content (AvgIpc) is 3.03. The minimum atomic E-state index is -0.440. The largest absolute Gasteiger partial charge is 0.353 e. The van der Waals surface area contributed by atoms with Crippen LogP contribution >= 0.6 is 0 Å². The van der Waals surface area contributed by atoms with Crippen LogP contribution in [0, 0.1) is 17.6 Å². The molecule has 3 aliphatic rings. The van der Waals surface area contributed by atoms with Crippen molar-refractivity contribution in [2.45, 2.75) is 44.6 Å². The molecule has 3 fully saturated rings. The van der Waals surface area contributed by atoms with E-state index >= 15 is 0 Å². The van der Waals surface area contributed by atoms with Gasteiger partial charge in [0.2, 0.25) is 0 Å². The number of benzene rings is 1. The molecule has 6 heteroatoms. The van der Waals surface area contributed by atoms with Gasteiger partial charge in [-0.1, -0.05) is 6.07 Å². The first kappa shape index (κ1) is 18.7. The normalized spacial score (nSPS) is 28.8. The predicted octanol–water partition coefficient (Wildman–Crippen LogP) is 3.20. The fourth-order valence-electron chi connectivity index (χ4n) is 4.60. The molecule has 2 heterocycles. The van der Waals surface area contributed by atoms with Crippen LogP contribution in [0.5, 0.6) is 0 Å². The molecule has 4 rings (SSSR count). The van der Waals surface area contributed by atoms with E-state index in [0.29, 0.717) is 12.5 Å². The fraction of sp³-hybridized carbons (Fsp3) is 0.667. The van der Waals surface area contributed by atoms with Crippen molar-refractivity contribution in [2.75, 3.05) is 39.3 Å². The third-order valence-electron chi connectivity index (χ3n) is 6.08. The number of halogens is 2. The fourth-order valence-corrected chi connectivity index (χ4v) is 4.60. The highest BCUT2D eigenvalue weighted by Crippen LogP contribution is 2.43. The van der Waals surface area contributed by atoms with Crippen molar-refractivity contribution in [3.8, 4) is 0 Å². The van der Waals surface area contributed by atoms with E-state index in [1.807, 2.05) is 6.92 Å². The third kappa shape index (κ3) is 4.26. The Kier molecular flexibility index (Phi) is 5.62. The number of hydrogen-bond donors (Lipinski definition) is 1. The lowest BCUT2D eigenvalue weighted by Gasteiger charge is -2.24. The van der Waals surface area contributed by atoms with Crippen molar-refractivity contribution < 1.29 is 8.78 Å². The zero-order valence-electron chi connectivity index (χ0n) is 16.1. The Morgan fingerprint density at radius 3 is 2.63 bits per heavy atom. The minimum absolute atomic E-state index is 0.0688.